The van der Waals surface area contributed by atoms with E-state index < -0.39 is 0 Å². The van der Waals surface area contributed by atoms with Crippen molar-refractivity contribution in [3.8, 4) is 0 Å². The maximum Gasteiger partial charge on any atom is 0.238 e. The highest BCUT2D eigenvalue weighted by atomic mass is 19.1. The van der Waals surface area contributed by atoms with Crippen LogP contribution in [0.3, 0.4) is 0 Å². The minimum Gasteiger partial charge on any atom is -0.325 e. The summed E-state index contributed by atoms with van der Waals surface area (Å²) in [4.78, 5) is 17.5. The second kappa shape index (κ2) is 10.4. The summed E-state index contributed by atoms with van der Waals surface area (Å²) in [6.07, 6.45) is 6.84. The van der Waals surface area contributed by atoms with Crippen molar-refractivity contribution < 1.29 is 9.18 Å². The molecular weight excluding hydrogens is 425 g/mol. The highest BCUT2D eigenvalue weighted by molar-refractivity contribution is 5.92. The Morgan fingerprint density at radius 3 is 2.44 bits per heavy atom. The van der Waals surface area contributed by atoms with Gasteiger partial charge in [0.1, 0.15) is 5.82 Å². The molecule has 0 spiro atoms. The highest BCUT2D eigenvalue weighted by Gasteiger charge is 2.23. The van der Waals surface area contributed by atoms with Gasteiger partial charge < -0.3 is 5.32 Å². The molecule has 0 bridgehead atoms. The Morgan fingerprint density at radius 2 is 1.71 bits per heavy atom. The lowest BCUT2D eigenvalue weighted by molar-refractivity contribution is -0.117. The zero-order chi connectivity index (χ0) is 23.5. The van der Waals surface area contributed by atoms with E-state index in [0.717, 1.165) is 51.0 Å². The number of nitrogens with one attached hydrogen (secondary N) is 1. The molecule has 0 atom stereocenters. The van der Waals surface area contributed by atoms with Crippen LogP contribution in [0.25, 0.3) is 5.57 Å². The van der Waals surface area contributed by atoms with Gasteiger partial charge in [-0.15, -0.1) is 0 Å². The number of halogens is 1. The van der Waals surface area contributed by atoms with Crippen LogP contribution >= 0.6 is 0 Å². The van der Waals surface area contributed by atoms with Crippen LogP contribution in [0, 0.1) is 5.82 Å². The monoisotopic (exact) mass is 461 g/mol. The molecule has 0 unspecified atom stereocenters. The molecule has 1 aliphatic carbocycles. The van der Waals surface area contributed by atoms with E-state index in [1.54, 1.807) is 17.7 Å². The number of aryl methyl sites for hydroxylation is 1. The van der Waals surface area contributed by atoms with Crippen molar-refractivity contribution in [2.75, 3.05) is 44.6 Å². The minimum absolute atomic E-state index is 0.0537. The topological polar surface area (TPSA) is 35.6 Å². The van der Waals surface area contributed by atoms with E-state index in [4.69, 9.17) is 0 Å². The number of carbonyl (C=O) groups is 1. The Labute approximate surface area is 202 Å². The van der Waals surface area contributed by atoms with Gasteiger partial charge in [-0.3, -0.25) is 14.6 Å². The summed E-state index contributed by atoms with van der Waals surface area (Å²) in [5.41, 5.74) is 7.81. The van der Waals surface area contributed by atoms with E-state index in [9.17, 15) is 9.18 Å². The summed E-state index contributed by atoms with van der Waals surface area (Å²) in [5.74, 6) is 0.318. The van der Waals surface area contributed by atoms with Gasteiger partial charge in [0.05, 0.1) is 6.54 Å². The molecule has 2 aromatic carbocycles. The number of carbonyl (C=O) groups excluding carboxylic acids is 1. The van der Waals surface area contributed by atoms with Crippen LogP contribution in [0.2, 0.25) is 0 Å². The summed E-state index contributed by atoms with van der Waals surface area (Å²) in [6, 6.07) is 13.3. The van der Waals surface area contributed by atoms with E-state index in [1.807, 2.05) is 12.1 Å². The average Bonchev–Trinajstić information content (AvgIpc) is 3.35. The van der Waals surface area contributed by atoms with E-state index in [-0.39, 0.29) is 11.7 Å². The van der Waals surface area contributed by atoms with Crippen molar-refractivity contribution in [2.24, 2.45) is 0 Å². The number of allylic oxidation sites excluding steroid dienone is 1. The Kier molecular flexibility index (Phi) is 7.12. The van der Waals surface area contributed by atoms with Gasteiger partial charge in [0.25, 0.3) is 0 Å². The first-order chi connectivity index (χ1) is 16.5. The van der Waals surface area contributed by atoms with Crippen molar-refractivity contribution in [3.63, 3.8) is 0 Å². The maximum atomic E-state index is 13.2. The number of hydrogen-bond donors (Lipinski definition) is 1. The van der Waals surface area contributed by atoms with Crippen molar-refractivity contribution in [1.82, 2.24) is 9.80 Å². The molecule has 5 heteroatoms. The molecule has 2 heterocycles. The number of rotatable bonds is 6. The smallest absolute Gasteiger partial charge is 0.238 e. The number of amides is 1. The Hall–Kier alpha value is -2.50. The van der Waals surface area contributed by atoms with Crippen molar-refractivity contribution >= 4 is 17.2 Å². The first-order valence-electron chi connectivity index (χ1n) is 12.9. The van der Waals surface area contributed by atoms with Gasteiger partial charge in [-0.2, -0.15) is 0 Å². The quantitative estimate of drug-likeness (QED) is 0.621. The second-order valence-corrected chi connectivity index (χ2v) is 10.2. The normalized spacial score (nSPS) is 19.9. The van der Waals surface area contributed by atoms with Gasteiger partial charge in [0, 0.05) is 12.2 Å². The molecule has 2 aliphatic heterocycles. The van der Waals surface area contributed by atoms with Crippen molar-refractivity contribution in [2.45, 2.75) is 51.4 Å². The summed E-state index contributed by atoms with van der Waals surface area (Å²) < 4.78 is 13.2. The largest absolute Gasteiger partial charge is 0.325 e. The predicted octanol–water partition coefficient (Wildman–Crippen LogP) is 5.46. The number of benzene rings is 2. The van der Waals surface area contributed by atoms with Crippen molar-refractivity contribution in [3.05, 3.63) is 70.5 Å². The molecule has 2 fully saturated rings. The third kappa shape index (κ3) is 5.42. The molecule has 4 nitrogen and oxygen atoms in total. The fraction of sp³-hybridized carbons (Fsp3) is 0.483. The molecule has 180 valence electrons. The van der Waals surface area contributed by atoms with Gasteiger partial charge in [0.15, 0.2) is 0 Å². The summed E-state index contributed by atoms with van der Waals surface area (Å²) in [6.45, 7) is 8.05. The molecule has 3 aliphatic rings. The third-order valence-corrected chi connectivity index (χ3v) is 7.93. The molecular formula is C29H36FN3O. The Balaban J connectivity index is 1.14. The summed E-state index contributed by atoms with van der Waals surface area (Å²) in [7, 11) is 0. The molecule has 2 aromatic rings. The third-order valence-electron chi connectivity index (χ3n) is 7.93. The zero-order valence-electron chi connectivity index (χ0n) is 20.3. The van der Waals surface area contributed by atoms with Crippen molar-refractivity contribution in [1.29, 1.82) is 0 Å². The first-order valence-corrected chi connectivity index (χ1v) is 12.9. The van der Waals surface area contributed by atoms with Crippen LogP contribution in [-0.4, -0.2) is 55.0 Å². The number of fused-ring (bicyclic) bond motifs is 1. The standard InChI is InChI=1S/C29H36FN3O/c1-21-25(19-32-14-2-3-15-32)5-4-24-18-27(10-11-28(21)24)31-29(34)20-33-16-12-23(13-17-33)22-6-8-26(30)9-7-22/h6-11,18,23H,2-5,12-17,19-20H2,1H3,(H,31,34). The van der Waals surface area contributed by atoms with Crippen LogP contribution in [-0.2, 0) is 11.2 Å². The summed E-state index contributed by atoms with van der Waals surface area (Å²) in [5, 5.41) is 3.13. The lowest BCUT2D eigenvalue weighted by atomic mass is 9.86. The van der Waals surface area contributed by atoms with Crippen LogP contribution in [0.1, 0.15) is 61.6 Å². The molecule has 2 saturated heterocycles. The molecule has 0 radical (unpaired) electrons. The van der Waals surface area contributed by atoms with Gasteiger partial charge in [-0.1, -0.05) is 23.8 Å². The predicted molar refractivity (Wildman–Crippen MR) is 136 cm³/mol. The van der Waals surface area contributed by atoms with E-state index >= 15 is 0 Å². The van der Waals surface area contributed by atoms with Gasteiger partial charge in [-0.25, -0.2) is 4.39 Å². The summed E-state index contributed by atoms with van der Waals surface area (Å²) >= 11 is 0. The lowest BCUT2D eigenvalue weighted by Crippen LogP contribution is -2.38. The number of anilines is 1. The fourth-order valence-corrected chi connectivity index (χ4v) is 5.88. The SMILES string of the molecule is CC1=C(CN2CCCC2)CCc2cc(NC(=O)CN3CCC(c4ccc(F)cc4)CC3)ccc21. The second-order valence-electron chi connectivity index (χ2n) is 10.2. The minimum atomic E-state index is -0.186. The number of piperidine rings is 1. The number of hydrogen-bond acceptors (Lipinski definition) is 3. The van der Waals surface area contributed by atoms with E-state index in [0.29, 0.717) is 12.5 Å². The van der Waals surface area contributed by atoms with E-state index in [1.165, 1.54) is 48.2 Å². The van der Waals surface area contributed by atoms with Gasteiger partial charge >= 0.3 is 0 Å². The number of nitrogens with zero attached hydrogens (tertiary/aromatic N) is 2. The average molecular weight is 462 g/mol. The zero-order valence-corrected chi connectivity index (χ0v) is 20.3. The Morgan fingerprint density at radius 1 is 0.971 bits per heavy atom. The van der Waals surface area contributed by atoms with Gasteiger partial charge in [-0.05, 0) is 124 Å². The van der Waals surface area contributed by atoms with Crippen LogP contribution < -0.4 is 5.32 Å². The highest BCUT2D eigenvalue weighted by Crippen LogP contribution is 2.34. The van der Waals surface area contributed by atoms with Crippen LogP contribution in [0.5, 0.6) is 0 Å². The van der Waals surface area contributed by atoms with Crippen LogP contribution in [0.4, 0.5) is 10.1 Å². The van der Waals surface area contributed by atoms with E-state index in [2.05, 4.69) is 40.2 Å². The molecule has 1 amide bonds. The molecule has 0 aromatic heterocycles. The molecule has 5 rings (SSSR count). The molecule has 1 N–H and O–H groups in total. The van der Waals surface area contributed by atoms with Gasteiger partial charge in [0.2, 0.25) is 5.91 Å². The maximum absolute atomic E-state index is 13.2. The molecule has 34 heavy (non-hydrogen) atoms. The first kappa shape index (κ1) is 23.3. The number of likely N-dealkylation sites (tertiary alicyclic amines) is 2. The fourth-order valence-electron chi connectivity index (χ4n) is 5.88. The lowest BCUT2D eigenvalue weighted by Gasteiger charge is -2.31. The molecule has 0 saturated carbocycles. The van der Waals surface area contributed by atoms with Crippen LogP contribution in [0.15, 0.2) is 48.0 Å². The Bertz CT molecular complexity index is 1050.